The van der Waals surface area contributed by atoms with Crippen LogP contribution in [-0.2, 0) is 4.74 Å². The van der Waals surface area contributed by atoms with E-state index >= 15 is 0 Å². The molecule has 0 aromatic heterocycles. The maximum Gasteiger partial charge on any atom is 0.107 e. The average Bonchev–Trinajstić information content (AvgIpc) is 2.53. The molecule has 0 spiro atoms. The van der Waals surface area contributed by atoms with Crippen LogP contribution in [0, 0.1) is 5.92 Å². The summed E-state index contributed by atoms with van der Waals surface area (Å²) >= 11 is 0.181. The fourth-order valence-corrected chi connectivity index (χ4v) is 5.26. The van der Waals surface area contributed by atoms with E-state index in [1.807, 2.05) is 6.92 Å². The molecule has 0 saturated carbocycles. The number of hydrogen-bond acceptors (Lipinski definition) is 3. The van der Waals surface area contributed by atoms with Gasteiger partial charge in [0.1, 0.15) is 6.23 Å². The van der Waals surface area contributed by atoms with E-state index in [2.05, 4.69) is 28.0 Å². The summed E-state index contributed by atoms with van der Waals surface area (Å²) in [6, 6.07) is 0. The number of rotatable bonds is 6. The zero-order chi connectivity index (χ0) is 14.4. The second kappa shape index (κ2) is 8.61. The average molecular weight is 393 g/mol. The predicted molar refractivity (Wildman–Crippen MR) is 93.6 cm³/mol. The van der Waals surface area contributed by atoms with Crippen molar-refractivity contribution >= 4 is 24.7 Å². The number of ether oxygens (including phenoxy) is 1. The Bertz CT molecular complexity index is 337. The zero-order valence-electron chi connectivity index (χ0n) is 12.7. The largest absolute Gasteiger partial charge is 0.378 e. The van der Waals surface area contributed by atoms with Crippen molar-refractivity contribution in [3.63, 3.8) is 0 Å². The van der Waals surface area contributed by atoms with Crippen molar-refractivity contribution in [2.24, 2.45) is 5.92 Å². The number of aliphatic hydroxyl groups excluding tert-OH is 1. The first-order valence-corrected chi connectivity index (χ1v) is 10.4. The lowest BCUT2D eigenvalue weighted by Crippen LogP contribution is -2.42. The van der Waals surface area contributed by atoms with Crippen LogP contribution in [0.15, 0.2) is 12.2 Å². The third kappa shape index (κ3) is 4.61. The Labute approximate surface area is 133 Å². The van der Waals surface area contributed by atoms with Gasteiger partial charge < -0.3 is 9.84 Å². The van der Waals surface area contributed by atoms with Gasteiger partial charge in [0.2, 0.25) is 0 Å². The third-order valence-corrected chi connectivity index (χ3v) is 7.66. The van der Waals surface area contributed by atoms with Crippen LogP contribution in [0.1, 0.15) is 39.5 Å². The van der Waals surface area contributed by atoms with Crippen LogP contribution in [0.2, 0.25) is 0 Å². The van der Waals surface area contributed by atoms with E-state index in [4.69, 9.17) is 4.74 Å². The van der Waals surface area contributed by atoms with Crippen molar-refractivity contribution in [2.75, 3.05) is 19.7 Å². The van der Waals surface area contributed by atoms with E-state index in [9.17, 15) is 5.11 Å². The summed E-state index contributed by atoms with van der Waals surface area (Å²) in [5, 5.41) is 9.86. The molecule has 2 aliphatic heterocycles. The van der Waals surface area contributed by atoms with Crippen LogP contribution in [0.3, 0.4) is 0 Å². The summed E-state index contributed by atoms with van der Waals surface area (Å²) in [6.45, 7) is 7.24. The van der Waals surface area contributed by atoms with Crippen molar-refractivity contribution < 1.29 is 9.84 Å². The molecule has 0 aromatic rings. The van der Waals surface area contributed by atoms with Gasteiger partial charge in [0.05, 0.1) is 12.7 Å². The third-order valence-electron chi connectivity index (χ3n) is 4.31. The molecule has 3 atom stereocenters. The summed E-state index contributed by atoms with van der Waals surface area (Å²) in [7, 11) is 0. The lowest BCUT2D eigenvalue weighted by Gasteiger charge is -2.35. The molecule has 0 aliphatic carbocycles. The van der Waals surface area contributed by atoms with Gasteiger partial charge in [-0.05, 0) is 35.6 Å². The summed E-state index contributed by atoms with van der Waals surface area (Å²) < 4.78 is 9.31. The Morgan fingerprint density at radius 1 is 1.35 bits per heavy atom. The highest BCUT2D eigenvalue weighted by atomic mass is 127. The van der Waals surface area contributed by atoms with E-state index in [1.54, 1.807) is 0 Å². The fraction of sp³-hybridized carbons (Fsp3) is 0.812. The molecule has 1 fully saturated rings. The summed E-state index contributed by atoms with van der Waals surface area (Å²) in [6.07, 6.45) is 8.93. The van der Waals surface area contributed by atoms with Gasteiger partial charge in [0.25, 0.3) is 0 Å². The highest BCUT2D eigenvalue weighted by molar-refractivity contribution is 14.2. The number of alkyl halides is 1. The maximum absolute atomic E-state index is 9.86. The quantitative estimate of drug-likeness (QED) is 0.557. The monoisotopic (exact) mass is 393 g/mol. The molecule has 2 rings (SSSR count). The zero-order valence-corrected chi connectivity index (χ0v) is 14.8. The first-order valence-electron chi connectivity index (χ1n) is 7.90. The second-order valence-corrected chi connectivity index (χ2v) is 8.77. The predicted octanol–water partition coefficient (Wildman–Crippen LogP) is 2.93. The number of nitrogens with zero attached hydrogens (tertiary/aromatic N) is 1. The number of halogens is 1. The van der Waals surface area contributed by atoms with Crippen LogP contribution < -0.4 is 0 Å². The van der Waals surface area contributed by atoms with Crippen molar-refractivity contribution in [3.05, 3.63) is 12.2 Å². The molecule has 3 nitrogen and oxygen atoms in total. The number of piperidine rings is 1. The normalized spacial score (nSPS) is 30.1. The van der Waals surface area contributed by atoms with Gasteiger partial charge in [-0.2, -0.15) is 0 Å². The van der Waals surface area contributed by atoms with Crippen molar-refractivity contribution in [1.82, 2.24) is 4.90 Å². The minimum Gasteiger partial charge on any atom is -0.378 e. The topological polar surface area (TPSA) is 32.7 Å². The molecule has 0 bridgehead atoms. The van der Waals surface area contributed by atoms with E-state index in [-0.39, 0.29) is 27.0 Å². The molecule has 2 unspecified atom stereocenters. The molecule has 2 heterocycles. The van der Waals surface area contributed by atoms with Gasteiger partial charge in [-0.3, -0.25) is 4.90 Å². The van der Waals surface area contributed by atoms with E-state index in [0.717, 1.165) is 42.9 Å². The van der Waals surface area contributed by atoms with Crippen molar-refractivity contribution in [3.8, 4) is 0 Å². The molecule has 1 N–H and O–H groups in total. The van der Waals surface area contributed by atoms with Crippen molar-refractivity contribution in [2.45, 2.75) is 55.8 Å². The minimum absolute atomic E-state index is 0.181. The summed E-state index contributed by atoms with van der Waals surface area (Å²) in [5.74, 6) is 0.672. The number of likely N-dealkylation sites (tertiary alicyclic amines) is 1. The Morgan fingerprint density at radius 3 is 2.75 bits per heavy atom. The SMILES string of the molecule is CCC(O)N1CCC(COC2C=CC=I[C@@H]2CC)CC1. The number of aliphatic hydroxyl groups is 1. The Balaban J connectivity index is 1.71. The lowest BCUT2D eigenvalue weighted by atomic mass is 9.97. The molecule has 2 aliphatic rings. The van der Waals surface area contributed by atoms with Crippen LogP contribution >= 0.6 is 20.7 Å². The highest BCUT2D eigenvalue weighted by Gasteiger charge is 2.25. The van der Waals surface area contributed by atoms with Gasteiger partial charge in [0.15, 0.2) is 0 Å². The Morgan fingerprint density at radius 2 is 2.10 bits per heavy atom. The molecule has 1 saturated heterocycles. The van der Waals surface area contributed by atoms with E-state index < -0.39 is 0 Å². The van der Waals surface area contributed by atoms with Gasteiger partial charge in [-0.25, -0.2) is 0 Å². The summed E-state index contributed by atoms with van der Waals surface area (Å²) in [4.78, 5) is 2.20. The summed E-state index contributed by atoms with van der Waals surface area (Å²) in [5.41, 5.74) is 0. The molecule has 0 amide bonds. The number of hydrogen-bond donors (Lipinski definition) is 1. The van der Waals surface area contributed by atoms with Crippen LogP contribution in [-0.4, -0.2) is 50.0 Å². The smallest absolute Gasteiger partial charge is 0.107 e. The second-order valence-electron chi connectivity index (χ2n) is 5.73. The van der Waals surface area contributed by atoms with Crippen LogP contribution in [0.4, 0.5) is 0 Å². The molecule has 20 heavy (non-hydrogen) atoms. The first kappa shape index (κ1) is 16.6. The molecule has 0 aromatic carbocycles. The van der Waals surface area contributed by atoms with Gasteiger partial charge in [-0.1, -0.05) is 26.0 Å². The molecular weight excluding hydrogens is 365 g/mol. The van der Waals surface area contributed by atoms with Gasteiger partial charge in [0, 0.05) is 17.0 Å². The van der Waals surface area contributed by atoms with E-state index in [1.165, 1.54) is 6.42 Å². The number of allylic oxidation sites excluding steroid dienone is 1. The molecule has 4 heteroatoms. The fourth-order valence-electron chi connectivity index (χ4n) is 2.88. The van der Waals surface area contributed by atoms with Crippen LogP contribution in [0.5, 0.6) is 0 Å². The molecular formula is C16H28INO2. The molecule has 116 valence electrons. The lowest BCUT2D eigenvalue weighted by molar-refractivity contribution is -0.0329. The minimum atomic E-state index is -0.247. The standard InChI is InChI=1S/C16H28INO2/c1-3-14-15(6-5-9-17-14)20-12-13-7-10-18(11-8-13)16(19)4-2/h5-6,9,13-16,19H,3-4,7-8,10-12H2,1-2H3/t14-,15?,16?/m1/s1. The van der Waals surface area contributed by atoms with Crippen molar-refractivity contribution in [1.29, 1.82) is 0 Å². The maximum atomic E-state index is 9.86. The first-order chi connectivity index (χ1) is 9.74. The Hall–Kier alpha value is 0.220. The highest BCUT2D eigenvalue weighted by Crippen LogP contribution is 2.26. The van der Waals surface area contributed by atoms with Gasteiger partial charge in [-0.15, -0.1) is 20.7 Å². The van der Waals surface area contributed by atoms with Crippen LogP contribution in [0.25, 0.3) is 0 Å². The molecule has 0 radical (unpaired) electrons. The van der Waals surface area contributed by atoms with E-state index in [0.29, 0.717) is 12.0 Å². The Kier molecular flexibility index (Phi) is 7.14. The van der Waals surface area contributed by atoms with Gasteiger partial charge >= 0.3 is 0 Å².